The number of pyridine rings is 2. The maximum atomic E-state index is 13.2. The number of carbonyl (C=O) groups is 1. The Morgan fingerprint density at radius 1 is 0.917 bits per heavy atom. The van der Waals surface area contributed by atoms with Crippen LogP contribution in [0.15, 0.2) is 61.1 Å². The Morgan fingerprint density at radius 2 is 1.67 bits per heavy atom. The standard InChI is InChI=1S/C19H14F2N2O/c20-17-4-2-13(10-18(17)21)9-14-1-3-16(23-12-14)11-19(24)15-5-7-22-8-6-15/h1-8,10,12H,9,11H2. The number of Topliss-reactive ketones (excluding diaryl/α,β-unsaturated/α-hetero) is 1. The molecule has 0 atom stereocenters. The van der Waals surface area contributed by atoms with E-state index >= 15 is 0 Å². The van der Waals surface area contributed by atoms with Crippen molar-refractivity contribution in [1.82, 2.24) is 9.97 Å². The largest absolute Gasteiger partial charge is 0.294 e. The highest BCUT2D eigenvalue weighted by Crippen LogP contribution is 2.14. The van der Waals surface area contributed by atoms with Gasteiger partial charge in [-0.25, -0.2) is 8.78 Å². The summed E-state index contributed by atoms with van der Waals surface area (Å²) >= 11 is 0. The molecule has 0 saturated heterocycles. The van der Waals surface area contributed by atoms with Crippen LogP contribution in [0.4, 0.5) is 8.78 Å². The molecule has 0 saturated carbocycles. The molecule has 0 aliphatic heterocycles. The minimum Gasteiger partial charge on any atom is -0.294 e. The number of hydrogen-bond acceptors (Lipinski definition) is 3. The predicted octanol–water partition coefficient (Wildman–Crippen LogP) is 3.77. The van der Waals surface area contributed by atoms with E-state index in [1.807, 2.05) is 6.07 Å². The lowest BCUT2D eigenvalue weighted by molar-refractivity contribution is 0.0992. The fourth-order valence-electron chi connectivity index (χ4n) is 2.35. The number of rotatable bonds is 5. The Hall–Kier alpha value is -2.95. The van der Waals surface area contributed by atoms with Crippen LogP contribution in [-0.4, -0.2) is 15.8 Å². The second kappa shape index (κ2) is 7.08. The van der Waals surface area contributed by atoms with Gasteiger partial charge in [-0.05, 0) is 47.9 Å². The zero-order valence-electron chi connectivity index (χ0n) is 12.7. The molecule has 3 nitrogen and oxygen atoms in total. The van der Waals surface area contributed by atoms with Gasteiger partial charge in [0, 0.05) is 29.8 Å². The van der Waals surface area contributed by atoms with Crippen molar-refractivity contribution >= 4 is 5.78 Å². The van der Waals surface area contributed by atoms with E-state index in [2.05, 4.69) is 9.97 Å². The van der Waals surface area contributed by atoms with Crippen molar-refractivity contribution in [2.75, 3.05) is 0 Å². The second-order valence-electron chi connectivity index (χ2n) is 5.42. The van der Waals surface area contributed by atoms with Gasteiger partial charge in [0.2, 0.25) is 0 Å². The molecule has 0 spiro atoms. The molecule has 0 N–H and O–H groups in total. The van der Waals surface area contributed by atoms with Crippen molar-refractivity contribution < 1.29 is 13.6 Å². The van der Waals surface area contributed by atoms with Crippen molar-refractivity contribution in [3.05, 3.63) is 95.1 Å². The lowest BCUT2D eigenvalue weighted by Gasteiger charge is -2.05. The molecule has 0 aliphatic carbocycles. The molecule has 0 unspecified atom stereocenters. The highest BCUT2D eigenvalue weighted by molar-refractivity contribution is 5.97. The number of hydrogen-bond donors (Lipinski definition) is 0. The topological polar surface area (TPSA) is 42.9 Å². The minimum atomic E-state index is -0.861. The van der Waals surface area contributed by atoms with E-state index in [4.69, 9.17) is 0 Å². The molecule has 120 valence electrons. The van der Waals surface area contributed by atoms with Crippen LogP contribution in [0.3, 0.4) is 0 Å². The monoisotopic (exact) mass is 324 g/mol. The van der Waals surface area contributed by atoms with Gasteiger partial charge in [0.1, 0.15) is 0 Å². The Bertz CT molecular complexity index is 849. The van der Waals surface area contributed by atoms with Gasteiger partial charge in [0.25, 0.3) is 0 Å². The number of benzene rings is 1. The molecule has 3 rings (SSSR count). The molecular weight excluding hydrogens is 310 g/mol. The average Bonchev–Trinajstić information content (AvgIpc) is 2.61. The molecule has 2 aromatic heterocycles. The van der Waals surface area contributed by atoms with Crippen molar-refractivity contribution in [2.24, 2.45) is 0 Å². The number of halogens is 2. The summed E-state index contributed by atoms with van der Waals surface area (Å²) in [4.78, 5) is 20.3. The number of aromatic nitrogens is 2. The first-order valence-electron chi connectivity index (χ1n) is 7.43. The molecule has 1 aromatic carbocycles. The van der Waals surface area contributed by atoms with E-state index in [-0.39, 0.29) is 12.2 Å². The zero-order valence-corrected chi connectivity index (χ0v) is 12.7. The fraction of sp³-hybridized carbons (Fsp3) is 0.105. The summed E-state index contributed by atoms with van der Waals surface area (Å²) in [6.45, 7) is 0. The first kappa shape index (κ1) is 15.9. The summed E-state index contributed by atoms with van der Waals surface area (Å²) in [7, 11) is 0. The van der Waals surface area contributed by atoms with Gasteiger partial charge in [-0.3, -0.25) is 14.8 Å². The van der Waals surface area contributed by atoms with Crippen molar-refractivity contribution in [3.63, 3.8) is 0 Å². The van der Waals surface area contributed by atoms with Crippen LogP contribution in [0.1, 0.15) is 27.2 Å². The molecule has 0 aliphatic rings. The maximum absolute atomic E-state index is 13.2. The van der Waals surface area contributed by atoms with Crippen molar-refractivity contribution in [3.8, 4) is 0 Å². The van der Waals surface area contributed by atoms with Crippen LogP contribution in [0.25, 0.3) is 0 Å². The average molecular weight is 324 g/mol. The van der Waals surface area contributed by atoms with Crippen LogP contribution in [0.2, 0.25) is 0 Å². The van der Waals surface area contributed by atoms with E-state index in [9.17, 15) is 13.6 Å². The molecule has 5 heteroatoms. The molecular formula is C19H14F2N2O. The van der Waals surface area contributed by atoms with Gasteiger partial charge >= 0.3 is 0 Å². The summed E-state index contributed by atoms with van der Waals surface area (Å²) in [6, 6.07) is 10.8. The van der Waals surface area contributed by atoms with E-state index in [1.165, 1.54) is 6.07 Å². The Balaban J connectivity index is 1.67. The maximum Gasteiger partial charge on any atom is 0.168 e. The summed E-state index contributed by atoms with van der Waals surface area (Å²) in [5.74, 6) is -1.75. The van der Waals surface area contributed by atoms with Gasteiger partial charge in [0.05, 0.1) is 6.42 Å². The summed E-state index contributed by atoms with van der Waals surface area (Å²) in [5, 5.41) is 0. The number of nitrogens with zero attached hydrogens (tertiary/aromatic N) is 2. The van der Waals surface area contributed by atoms with E-state index in [0.717, 1.165) is 11.6 Å². The van der Waals surface area contributed by atoms with E-state index in [1.54, 1.807) is 42.9 Å². The third-order valence-electron chi connectivity index (χ3n) is 3.62. The second-order valence-corrected chi connectivity index (χ2v) is 5.42. The smallest absolute Gasteiger partial charge is 0.168 e. The van der Waals surface area contributed by atoms with Crippen LogP contribution < -0.4 is 0 Å². The summed E-state index contributed by atoms with van der Waals surface area (Å²) < 4.78 is 26.1. The number of carbonyl (C=O) groups excluding carboxylic acids is 1. The highest BCUT2D eigenvalue weighted by atomic mass is 19.2. The predicted molar refractivity (Wildman–Crippen MR) is 85.7 cm³/mol. The first-order valence-corrected chi connectivity index (χ1v) is 7.43. The molecule has 0 amide bonds. The van der Waals surface area contributed by atoms with Crippen molar-refractivity contribution in [2.45, 2.75) is 12.8 Å². The Kier molecular flexibility index (Phi) is 4.70. The molecule has 2 heterocycles. The number of ketones is 1. The lowest BCUT2D eigenvalue weighted by Crippen LogP contribution is -2.05. The van der Waals surface area contributed by atoms with Crippen molar-refractivity contribution in [1.29, 1.82) is 0 Å². The van der Waals surface area contributed by atoms with Gasteiger partial charge in [-0.2, -0.15) is 0 Å². The van der Waals surface area contributed by atoms with Crippen LogP contribution in [0.5, 0.6) is 0 Å². The van der Waals surface area contributed by atoms with E-state index in [0.29, 0.717) is 23.2 Å². The van der Waals surface area contributed by atoms with Crippen LogP contribution >= 0.6 is 0 Å². The Morgan fingerprint density at radius 3 is 2.33 bits per heavy atom. The zero-order chi connectivity index (χ0) is 16.9. The van der Waals surface area contributed by atoms with E-state index < -0.39 is 11.6 Å². The molecule has 3 aromatic rings. The molecule has 24 heavy (non-hydrogen) atoms. The van der Waals surface area contributed by atoms with Crippen LogP contribution in [0, 0.1) is 11.6 Å². The molecule has 0 radical (unpaired) electrons. The van der Waals surface area contributed by atoms with Gasteiger partial charge in [0.15, 0.2) is 17.4 Å². The minimum absolute atomic E-state index is 0.0294. The normalized spacial score (nSPS) is 10.6. The molecule has 0 fully saturated rings. The first-order chi connectivity index (χ1) is 11.6. The third kappa shape index (κ3) is 3.87. The highest BCUT2D eigenvalue weighted by Gasteiger charge is 2.08. The third-order valence-corrected chi connectivity index (χ3v) is 3.62. The quantitative estimate of drug-likeness (QED) is 0.671. The van der Waals surface area contributed by atoms with Gasteiger partial charge in [-0.15, -0.1) is 0 Å². The van der Waals surface area contributed by atoms with Crippen LogP contribution in [-0.2, 0) is 12.8 Å². The SMILES string of the molecule is O=C(Cc1ccc(Cc2ccc(F)c(F)c2)cn1)c1ccncc1. The summed E-state index contributed by atoms with van der Waals surface area (Å²) in [5.41, 5.74) is 2.78. The lowest BCUT2D eigenvalue weighted by atomic mass is 10.0. The summed E-state index contributed by atoms with van der Waals surface area (Å²) in [6.07, 6.45) is 5.45. The van der Waals surface area contributed by atoms with Gasteiger partial charge in [-0.1, -0.05) is 12.1 Å². The molecule has 0 bridgehead atoms. The fourth-order valence-corrected chi connectivity index (χ4v) is 2.35. The van der Waals surface area contributed by atoms with Gasteiger partial charge < -0.3 is 0 Å². The Labute approximate surface area is 138 Å².